The molecule has 0 aliphatic rings. The molecule has 0 aromatic heterocycles. The molecule has 0 radical (unpaired) electrons. The van der Waals surface area contributed by atoms with E-state index in [4.69, 9.17) is 37.4 Å². The highest BCUT2D eigenvalue weighted by atomic mass is 79.9. The van der Waals surface area contributed by atoms with Crippen LogP contribution in [0.25, 0.3) is 0 Å². The standard InChI is InChI=1S/C23H19BrCl2N2O4/c1-30-21-10-15(12-27-28-22(29)14-31-18-5-3-2-4-6-18)9-19(24)23(21)32-13-16-7-8-17(25)11-20(16)26/h2-12H,13-14H2,1H3,(H,28,29)/b27-12-. The Morgan fingerprint density at radius 3 is 2.59 bits per heavy atom. The molecule has 32 heavy (non-hydrogen) atoms. The second-order valence-electron chi connectivity index (χ2n) is 6.45. The van der Waals surface area contributed by atoms with Gasteiger partial charge in [-0.2, -0.15) is 5.10 Å². The van der Waals surface area contributed by atoms with Crippen molar-refractivity contribution >= 4 is 51.3 Å². The number of ether oxygens (including phenoxy) is 3. The van der Waals surface area contributed by atoms with Gasteiger partial charge in [-0.05, 0) is 57.9 Å². The first-order chi connectivity index (χ1) is 15.5. The highest BCUT2D eigenvalue weighted by Gasteiger charge is 2.13. The molecule has 0 atom stereocenters. The van der Waals surface area contributed by atoms with Crippen LogP contribution in [0.15, 0.2) is 70.2 Å². The van der Waals surface area contributed by atoms with Crippen LogP contribution in [0.1, 0.15) is 11.1 Å². The van der Waals surface area contributed by atoms with Crippen molar-refractivity contribution in [1.29, 1.82) is 0 Å². The number of hydrazone groups is 1. The summed E-state index contributed by atoms with van der Waals surface area (Å²) >= 11 is 15.6. The number of amides is 1. The van der Waals surface area contributed by atoms with Crippen molar-refractivity contribution in [3.63, 3.8) is 0 Å². The molecule has 0 aliphatic carbocycles. The van der Waals surface area contributed by atoms with Gasteiger partial charge in [0.2, 0.25) is 0 Å². The number of hydrogen-bond donors (Lipinski definition) is 1. The molecule has 0 spiro atoms. The lowest BCUT2D eigenvalue weighted by molar-refractivity contribution is -0.123. The largest absolute Gasteiger partial charge is 0.493 e. The molecular weight excluding hydrogens is 519 g/mol. The molecule has 3 aromatic carbocycles. The summed E-state index contributed by atoms with van der Waals surface area (Å²) in [6.45, 7) is 0.0876. The molecule has 3 aromatic rings. The fourth-order valence-corrected chi connectivity index (χ4v) is 3.66. The minimum Gasteiger partial charge on any atom is -0.493 e. The van der Waals surface area contributed by atoms with Crippen LogP contribution in [0, 0.1) is 0 Å². The van der Waals surface area contributed by atoms with Crippen molar-refractivity contribution < 1.29 is 19.0 Å². The van der Waals surface area contributed by atoms with Crippen LogP contribution in [0.3, 0.4) is 0 Å². The number of hydrogen-bond acceptors (Lipinski definition) is 5. The molecule has 0 unspecified atom stereocenters. The van der Waals surface area contributed by atoms with E-state index in [1.54, 1.807) is 42.5 Å². The summed E-state index contributed by atoms with van der Waals surface area (Å²) in [5, 5.41) is 5.03. The Morgan fingerprint density at radius 2 is 1.88 bits per heavy atom. The summed E-state index contributed by atoms with van der Waals surface area (Å²) in [4.78, 5) is 11.9. The fourth-order valence-electron chi connectivity index (χ4n) is 2.62. The normalized spacial score (nSPS) is 10.8. The van der Waals surface area contributed by atoms with Gasteiger partial charge in [0, 0.05) is 15.6 Å². The van der Waals surface area contributed by atoms with Crippen LogP contribution in [0.5, 0.6) is 17.2 Å². The number of benzene rings is 3. The Hall–Kier alpha value is -2.74. The Labute approximate surface area is 204 Å². The predicted octanol–water partition coefficient (Wildman–Crippen LogP) is 5.87. The number of nitrogens with one attached hydrogen (secondary N) is 1. The van der Waals surface area contributed by atoms with Gasteiger partial charge >= 0.3 is 0 Å². The molecule has 1 N–H and O–H groups in total. The maximum atomic E-state index is 11.9. The van der Waals surface area contributed by atoms with E-state index in [2.05, 4.69) is 26.5 Å². The first-order valence-corrected chi connectivity index (χ1v) is 10.9. The van der Waals surface area contributed by atoms with Gasteiger partial charge in [0.15, 0.2) is 18.1 Å². The molecule has 0 aliphatic heterocycles. The maximum absolute atomic E-state index is 11.9. The van der Waals surface area contributed by atoms with Crippen LogP contribution >= 0.6 is 39.1 Å². The summed E-state index contributed by atoms with van der Waals surface area (Å²) in [5.74, 6) is 1.23. The number of methoxy groups -OCH3 is 1. The van der Waals surface area contributed by atoms with Gasteiger partial charge in [0.25, 0.3) is 5.91 Å². The zero-order valence-electron chi connectivity index (χ0n) is 17.0. The topological polar surface area (TPSA) is 69.2 Å². The quantitative estimate of drug-likeness (QED) is 0.273. The number of rotatable bonds is 9. The number of carbonyl (C=O) groups is 1. The van der Waals surface area contributed by atoms with Gasteiger partial charge in [-0.1, -0.05) is 47.5 Å². The Bertz CT molecular complexity index is 1110. The van der Waals surface area contributed by atoms with Gasteiger partial charge in [-0.25, -0.2) is 5.43 Å². The van der Waals surface area contributed by atoms with Crippen molar-refractivity contribution in [2.45, 2.75) is 6.61 Å². The van der Waals surface area contributed by atoms with E-state index in [9.17, 15) is 4.79 Å². The third-order valence-corrected chi connectivity index (χ3v) is 5.33. The lowest BCUT2D eigenvalue weighted by Gasteiger charge is -2.14. The smallest absolute Gasteiger partial charge is 0.277 e. The van der Waals surface area contributed by atoms with E-state index in [-0.39, 0.29) is 19.1 Å². The summed E-state index contributed by atoms with van der Waals surface area (Å²) < 4.78 is 17.4. The van der Waals surface area contributed by atoms with Crippen molar-refractivity contribution in [2.75, 3.05) is 13.7 Å². The monoisotopic (exact) mass is 536 g/mol. The minimum absolute atomic E-state index is 0.144. The lowest BCUT2D eigenvalue weighted by atomic mass is 10.2. The van der Waals surface area contributed by atoms with Crippen LogP contribution in [0.4, 0.5) is 0 Å². The highest BCUT2D eigenvalue weighted by molar-refractivity contribution is 9.10. The molecule has 6 nitrogen and oxygen atoms in total. The van der Waals surface area contributed by atoms with E-state index in [0.29, 0.717) is 37.3 Å². The summed E-state index contributed by atoms with van der Waals surface area (Å²) in [6.07, 6.45) is 1.49. The SMILES string of the molecule is COc1cc(/C=N\NC(=O)COc2ccccc2)cc(Br)c1OCc1ccc(Cl)cc1Cl. The maximum Gasteiger partial charge on any atom is 0.277 e. The third-order valence-electron chi connectivity index (χ3n) is 4.15. The van der Waals surface area contributed by atoms with Crippen LogP contribution in [0.2, 0.25) is 10.0 Å². The van der Waals surface area contributed by atoms with Gasteiger partial charge in [0.1, 0.15) is 12.4 Å². The summed E-state index contributed by atoms with van der Waals surface area (Å²) in [5.41, 5.74) is 3.90. The molecule has 3 rings (SSSR count). The molecule has 166 valence electrons. The van der Waals surface area contributed by atoms with Gasteiger partial charge in [-0.3, -0.25) is 4.79 Å². The molecule has 0 bridgehead atoms. The molecule has 9 heteroatoms. The number of para-hydroxylation sites is 1. The second kappa shape index (κ2) is 11.8. The zero-order valence-corrected chi connectivity index (χ0v) is 20.1. The van der Waals surface area contributed by atoms with Crippen molar-refractivity contribution in [2.24, 2.45) is 5.10 Å². The highest BCUT2D eigenvalue weighted by Crippen LogP contribution is 2.37. The van der Waals surface area contributed by atoms with Gasteiger partial charge in [-0.15, -0.1) is 0 Å². The van der Waals surface area contributed by atoms with Crippen LogP contribution < -0.4 is 19.6 Å². The van der Waals surface area contributed by atoms with Crippen LogP contribution in [-0.4, -0.2) is 25.8 Å². The first-order valence-electron chi connectivity index (χ1n) is 9.40. The second-order valence-corrected chi connectivity index (χ2v) is 8.15. The molecular formula is C23H19BrCl2N2O4. The van der Waals surface area contributed by atoms with E-state index < -0.39 is 0 Å². The van der Waals surface area contributed by atoms with Gasteiger partial charge in [0.05, 0.1) is 17.8 Å². The van der Waals surface area contributed by atoms with E-state index in [1.165, 1.54) is 13.3 Å². The Kier molecular flexibility index (Phi) is 8.79. The van der Waals surface area contributed by atoms with E-state index in [1.807, 2.05) is 18.2 Å². The van der Waals surface area contributed by atoms with Crippen molar-refractivity contribution in [3.05, 3.63) is 86.3 Å². The minimum atomic E-state index is -0.379. The van der Waals surface area contributed by atoms with Crippen LogP contribution in [-0.2, 0) is 11.4 Å². The average Bonchev–Trinajstić information content (AvgIpc) is 2.78. The van der Waals surface area contributed by atoms with Crippen molar-refractivity contribution in [1.82, 2.24) is 5.43 Å². The van der Waals surface area contributed by atoms with E-state index in [0.717, 1.165) is 5.56 Å². The fraction of sp³-hybridized carbons (Fsp3) is 0.130. The van der Waals surface area contributed by atoms with E-state index >= 15 is 0 Å². The Morgan fingerprint density at radius 1 is 1.09 bits per heavy atom. The number of nitrogens with zero attached hydrogens (tertiary/aromatic N) is 1. The number of halogens is 3. The molecule has 0 saturated carbocycles. The molecule has 0 heterocycles. The predicted molar refractivity (Wildman–Crippen MR) is 129 cm³/mol. The summed E-state index contributed by atoms with van der Waals surface area (Å²) in [7, 11) is 1.54. The Balaban J connectivity index is 1.60. The molecule has 0 fully saturated rings. The molecule has 1 amide bonds. The molecule has 0 saturated heterocycles. The van der Waals surface area contributed by atoms with Crippen molar-refractivity contribution in [3.8, 4) is 17.2 Å². The third kappa shape index (κ3) is 6.88. The van der Waals surface area contributed by atoms with Gasteiger partial charge < -0.3 is 14.2 Å². The summed E-state index contributed by atoms with van der Waals surface area (Å²) in [6, 6.07) is 17.8. The zero-order chi connectivity index (χ0) is 22.9. The number of carbonyl (C=O) groups excluding carboxylic acids is 1. The lowest BCUT2D eigenvalue weighted by Crippen LogP contribution is -2.24. The first kappa shape index (κ1) is 23.9. The average molecular weight is 538 g/mol.